The lowest BCUT2D eigenvalue weighted by molar-refractivity contribution is -0.137. The Kier molecular flexibility index (Phi) is 5.44. The first-order valence-corrected chi connectivity index (χ1v) is 6.71. The Labute approximate surface area is 109 Å². The number of carbonyl (C=O) groups excluding carboxylic acids is 1. The Bertz CT molecular complexity index is 305. The van der Waals surface area contributed by atoms with Crippen LogP contribution in [0.2, 0.25) is 0 Å². The molecular weight excluding hydrogens is 232 g/mol. The van der Waals surface area contributed by atoms with Gasteiger partial charge in [-0.3, -0.25) is 4.79 Å². The fourth-order valence-corrected chi connectivity index (χ4v) is 2.38. The minimum Gasteiger partial charge on any atom is -0.480 e. The van der Waals surface area contributed by atoms with E-state index in [2.05, 4.69) is 13.8 Å². The summed E-state index contributed by atoms with van der Waals surface area (Å²) in [6.45, 7) is 8.10. The summed E-state index contributed by atoms with van der Waals surface area (Å²) >= 11 is 0. The molecule has 18 heavy (non-hydrogen) atoms. The number of carboxylic acids is 1. The van der Waals surface area contributed by atoms with Crippen LogP contribution in [0.4, 0.5) is 4.79 Å². The van der Waals surface area contributed by atoms with Gasteiger partial charge in [-0.25, -0.2) is 4.79 Å². The number of amides is 2. The van der Waals surface area contributed by atoms with Crippen molar-refractivity contribution in [2.75, 3.05) is 26.2 Å². The predicted octanol–water partition coefficient (Wildman–Crippen LogP) is 1.88. The molecule has 0 spiro atoms. The molecule has 1 atom stereocenters. The Morgan fingerprint density at radius 1 is 1.44 bits per heavy atom. The first-order chi connectivity index (χ1) is 8.45. The van der Waals surface area contributed by atoms with E-state index in [0.717, 1.165) is 25.9 Å². The number of nitrogens with zero attached hydrogens (tertiary/aromatic N) is 2. The van der Waals surface area contributed by atoms with E-state index in [1.165, 1.54) is 4.90 Å². The molecule has 0 aromatic carbocycles. The van der Waals surface area contributed by atoms with Crippen LogP contribution in [0.15, 0.2) is 0 Å². The minimum atomic E-state index is -0.948. The standard InChI is InChI=1S/C13H24N2O3/c1-4-6-14(9-12(16)17)13(18)15-7-5-11(8-15)10(2)3/h10-11H,4-9H2,1-3H3,(H,16,17). The van der Waals surface area contributed by atoms with Crippen LogP contribution in [0.1, 0.15) is 33.6 Å². The van der Waals surface area contributed by atoms with Crippen molar-refractivity contribution in [3.63, 3.8) is 0 Å². The van der Waals surface area contributed by atoms with Crippen molar-refractivity contribution < 1.29 is 14.7 Å². The van der Waals surface area contributed by atoms with Gasteiger partial charge in [-0.2, -0.15) is 0 Å². The molecule has 0 saturated carbocycles. The largest absolute Gasteiger partial charge is 0.480 e. The van der Waals surface area contributed by atoms with E-state index in [0.29, 0.717) is 18.4 Å². The van der Waals surface area contributed by atoms with Crippen LogP contribution in [0, 0.1) is 11.8 Å². The van der Waals surface area contributed by atoms with Gasteiger partial charge in [0, 0.05) is 19.6 Å². The van der Waals surface area contributed by atoms with Gasteiger partial charge >= 0.3 is 12.0 Å². The third kappa shape index (κ3) is 3.89. The van der Waals surface area contributed by atoms with Gasteiger partial charge in [-0.05, 0) is 24.7 Å². The molecule has 5 heteroatoms. The molecule has 1 fully saturated rings. The zero-order valence-corrected chi connectivity index (χ0v) is 11.6. The van der Waals surface area contributed by atoms with Gasteiger partial charge in [0.1, 0.15) is 6.54 Å². The Morgan fingerprint density at radius 2 is 2.11 bits per heavy atom. The van der Waals surface area contributed by atoms with E-state index in [9.17, 15) is 9.59 Å². The van der Waals surface area contributed by atoms with Crippen molar-refractivity contribution in [3.05, 3.63) is 0 Å². The molecule has 0 radical (unpaired) electrons. The lowest BCUT2D eigenvalue weighted by Gasteiger charge is -2.27. The summed E-state index contributed by atoms with van der Waals surface area (Å²) < 4.78 is 0. The predicted molar refractivity (Wildman–Crippen MR) is 69.4 cm³/mol. The highest BCUT2D eigenvalue weighted by molar-refractivity contribution is 5.80. The van der Waals surface area contributed by atoms with Crippen LogP contribution in [0.3, 0.4) is 0 Å². The van der Waals surface area contributed by atoms with E-state index in [-0.39, 0.29) is 12.6 Å². The number of hydrogen-bond donors (Lipinski definition) is 1. The summed E-state index contributed by atoms with van der Waals surface area (Å²) in [5.74, 6) is 0.167. The van der Waals surface area contributed by atoms with Crippen molar-refractivity contribution >= 4 is 12.0 Å². The van der Waals surface area contributed by atoms with Gasteiger partial charge < -0.3 is 14.9 Å². The van der Waals surface area contributed by atoms with E-state index in [1.54, 1.807) is 4.90 Å². The first kappa shape index (κ1) is 14.8. The molecular formula is C13H24N2O3. The normalized spacial score (nSPS) is 19.3. The van der Waals surface area contributed by atoms with Gasteiger partial charge in [-0.1, -0.05) is 20.8 Å². The highest BCUT2D eigenvalue weighted by atomic mass is 16.4. The maximum atomic E-state index is 12.2. The second kappa shape index (κ2) is 6.61. The van der Waals surface area contributed by atoms with E-state index >= 15 is 0 Å². The summed E-state index contributed by atoms with van der Waals surface area (Å²) in [6, 6.07) is -0.123. The summed E-state index contributed by atoms with van der Waals surface area (Å²) in [7, 11) is 0. The molecule has 1 N–H and O–H groups in total. The maximum Gasteiger partial charge on any atom is 0.323 e. The highest BCUT2D eigenvalue weighted by Crippen LogP contribution is 2.24. The minimum absolute atomic E-state index is 0.123. The zero-order valence-electron chi connectivity index (χ0n) is 11.6. The van der Waals surface area contributed by atoms with Gasteiger partial charge in [0.05, 0.1) is 0 Å². The van der Waals surface area contributed by atoms with E-state index in [4.69, 9.17) is 5.11 Å². The van der Waals surface area contributed by atoms with Crippen molar-refractivity contribution in [2.24, 2.45) is 11.8 Å². The monoisotopic (exact) mass is 256 g/mol. The lowest BCUT2D eigenvalue weighted by atomic mass is 9.95. The number of urea groups is 1. The van der Waals surface area contributed by atoms with Crippen LogP contribution < -0.4 is 0 Å². The van der Waals surface area contributed by atoms with Crippen LogP contribution in [0.25, 0.3) is 0 Å². The van der Waals surface area contributed by atoms with Crippen LogP contribution >= 0.6 is 0 Å². The van der Waals surface area contributed by atoms with Crippen molar-refractivity contribution in [1.29, 1.82) is 0 Å². The summed E-state index contributed by atoms with van der Waals surface area (Å²) in [4.78, 5) is 26.2. The molecule has 0 bridgehead atoms. The zero-order chi connectivity index (χ0) is 13.7. The number of carboxylic acid groups (broad SMARTS) is 1. The number of hydrogen-bond acceptors (Lipinski definition) is 2. The van der Waals surface area contributed by atoms with Crippen LogP contribution in [-0.4, -0.2) is 53.1 Å². The Hall–Kier alpha value is -1.26. The topological polar surface area (TPSA) is 60.9 Å². The molecule has 1 heterocycles. The lowest BCUT2D eigenvalue weighted by Crippen LogP contribution is -2.44. The molecule has 1 unspecified atom stereocenters. The van der Waals surface area contributed by atoms with Gasteiger partial charge in [0.15, 0.2) is 0 Å². The number of carbonyl (C=O) groups is 2. The molecule has 0 aliphatic carbocycles. The average Bonchev–Trinajstić information content (AvgIpc) is 2.76. The maximum absolute atomic E-state index is 12.2. The van der Waals surface area contributed by atoms with Crippen LogP contribution in [0.5, 0.6) is 0 Å². The molecule has 2 amide bonds. The molecule has 1 aliphatic rings. The fourth-order valence-electron chi connectivity index (χ4n) is 2.38. The molecule has 104 valence electrons. The van der Waals surface area contributed by atoms with Crippen molar-refractivity contribution in [1.82, 2.24) is 9.80 Å². The molecule has 1 saturated heterocycles. The fraction of sp³-hybridized carbons (Fsp3) is 0.846. The third-order valence-electron chi connectivity index (χ3n) is 3.53. The third-order valence-corrected chi connectivity index (χ3v) is 3.53. The molecule has 1 rings (SSSR count). The highest BCUT2D eigenvalue weighted by Gasteiger charge is 2.30. The summed E-state index contributed by atoms with van der Waals surface area (Å²) in [5, 5.41) is 8.83. The molecule has 5 nitrogen and oxygen atoms in total. The van der Waals surface area contributed by atoms with Gasteiger partial charge in [-0.15, -0.1) is 0 Å². The Balaban J connectivity index is 2.58. The smallest absolute Gasteiger partial charge is 0.323 e. The number of aliphatic carboxylic acids is 1. The molecule has 0 aromatic heterocycles. The summed E-state index contributed by atoms with van der Waals surface area (Å²) in [6.07, 6.45) is 1.80. The first-order valence-electron chi connectivity index (χ1n) is 6.71. The van der Waals surface area contributed by atoms with Gasteiger partial charge in [0.25, 0.3) is 0 Å². The SMILES string of the molecule is CCCN(CC(=O)O)C(=O)N1CCC(C(C)C)C1. The second-order valence-electron chi connectivity index (χ2n) is 5.34. The van der Waals surface area contributed by atoms with E-state index < -0.39 is 5.97 Å². The van der Waals surface area contributed by atoms with Crippen LogP contribution in [-0.2, 0) is 4.79 Å². The summed E-state index contributed by atoms with van der Waals surface area (Å²) in [5.41, 5.74) is 0. The number of rotatable bonds is 5. The van der Waals surface area contributed by atoms with Gasteiger partial charge in [0.2, 0.25) is 0 Å². The Morgan fingerprint density at radius 3 is 2.56 bits per heavy atom. The van der Waals surface area contributed by atoms with Crippen molar-refractivity contribution in [2.45, 2.75) is 33.6 Å². The van der Waals surface area contributed by atoms with E-state index in [1.807, 2.05) is 6.92 Å². The molecule has 0 aromatic rings. The molecule has 1 aliphatic heterocycles. The second-order valence-corrected chi connectivity index (χ2v) is 5.34. The quantitative estimate of drug-likeness (QED) is 0.817. The average molecular weight is 256 g/mol. The number of likely N-dealkylation sites (tertiary alicyclic amines) is 1. The van der Waals surface area contributed by atoms with Crippen molar-refractivity contribution in [3.8, 4) is 0 Å².